The maximum absolute atomic E-state index is 4.02. The van der Waals surface area contributed by atoms with Crippen molar-refractivity contribution in [1.29, 1.82) is 0 Å². The first kappa shape index (κ1) is 11.5. The molecular formula is C15H18. The molecule has 0 saturated carbocycles. The molecule has 1 aromatic carbocycles. The molecular weight excluding hydrogens is 180 g/mol. The normalized spacial score (nSPS) is 11.3. The van der Waals surface area contributed by atoms with Gasteiger partial charge in [-0.2, -0.15) is 0 Å². The standard InChI is InChI=1S/C15H18/c1-3-4-6-9-14(2)12-13-15-10-7-5-8-11-15/h3-11H,2,12-13H2,1H3/b4-3-,9-6-. The summed E-state index contributed by atoms with van der Waals surface area (Å²) in [5.74, 6) is 0. The molecule has 0 aromatic heterocycles. The van der Waals surface area contributed by atoms with Gasteiger partial charge in [0, 0.05) is 0 Å². The van der Waals surface area contributed by atoms with E-state index in [0.29, 0.717) is 0 Å². The fourth-order valence-corrected chi connectivity index (χ4v) is 1.34. The number of allylic oxidation sites excluding steroid dienone is 5. The molecule has 0 radical (unpaired) electrons. The quantitative estimate of drug-likeness (QED) is 0.618. The second-order valence-electron chi connectivity index (χ2n) is 3.53. The summed E-state index contributed by atoms with van der Waals surface area (Å²) in [5.41, 5.74) is 2.55. The number of hydrogen-bond donors (Lipinski definition) is 0. The van der Waals surface area contributed by atoms with Crippen LogP contribution in [0.4, 0.5) is 0 Å². The lowest BCUT2D eigenvalue weighted by atomic mass is 10.1. The molecule has 0 aliphatic heterocycles. The molecule has 0 fully saturated rings. The molecule has 1 aromatic rings. The van der Waals surface area contributed by atoms with E-state index in [-0.39, 0.29) is 0 Å². The third-order valence-electron chi connectivity index (χ3n) is 2.21. The minimum Gasteiger partial charge on any atom is -0.0958 e. The van der Waals surface area contributed by atoms with Gasteiger partial charge in [-0.1, -0.05) is 66.8 Å². The van der Waals surface area contributed by atoms with Crippen LogP contribution in [0.1, 0.15) is 18.9 Å². The lowest BCUT2D eigenvalue weighted by molar-refractivity contribution is 0.969. The highest BCUT2D eigenvalue weighted by Gasteiger charge is 1.92. The van der Waals surface area contributed by atoms with Crippen LogP contribution >= 0.6 is 0 Å². The highest BCUT2D eigenvalue weighted by atomic mass is 14.0. The van der Waals surface area contributed by atoms with E-state index in [4.69, 9.17) is 0 Å². The predicted molar refractivity (Wildman–Crippen MR) is 67.9 cm³/mol. The molecule has 0 N–H and O–H groups in total. The smallest absolute Gasteiger partial charge is 0.0238 e. The average Bonchev–Trinajstić information content (AvgIpc) is 2.28. The minimum atomic E-state index is 1.03. The molecule has 0 amide bonds. The number of hydrogen-bond acceptors (Lipinski definition) is 0. The van der Waals surface area contributed by atoms with Crippen LogP contribution < -0.4 is 0 Å². The van der Waals surface area contributed by atoms with Crippen LogP contribution in [0.15, 0.2) is 66.8 Å². The number of rotatable bonds is 5. The summed E-state index contributed by atoms with van der Waals surface area (Å²) in [5, 5.41) is 0. The topological polar surface area (TPSA) is 0 Å². The van der Waals surface area contributed by atoms with Crippen LogP contribution in [-0.4, -0.2) is 0 Å². The van der Waals surface area contributed by atoms with Crippen molar-refractivity contribution in [1.82, 2.24) is 0 Å². The van der Waals surface area contributed by atoms with Crippen molar-refractivity contribution in [2.75, 3.05) is 0 Å². The fourth-order valence-electron chi connectivity index (χ4n) is 1.34. The third-order valence-corrected chi connectivity index (χ3v) is 2.21. The number of aryl methyl sites for hydroxylation is 1. The zero-order chi connectivity index (χ0) is 10.9. The first-order valence-electron chi connectivity index (χ1n) is 5.34. The second-order valence-corrected chi connectivity index (χ2v) is 3.53. The monoisotopic (exact) mass is 198 g/mol. The van der Waals surface area contributed by atoms with Crippen molar-refractivity contribution in [3.8, 4) is 0 Å². The summed E-state index contributed by atoms with van der Waals surface area (Å²) >= 11 is 0. The molecule has 0 spiro atoms. The number of benzene rings is 1. The molecule has 0 unspecified atom stereocenters. The van der Waals surface area contributed by atoms with Crippen LogP contribution in [0.2, 0.25) is 0 Å². The zero-order valence-corrected chi connectivity index (χ0v) is 9.32. The van der Waals surface area contributed by atoms with E-state index in [1.54, 1.807) is 0 Å². The van der Waals surface area contributed by atoms with Gasteiger partial charge >= 0.3 is 0 Å². The van der Waals surface area contributed by atoms with Gasteiger partial charge in [0.15, 0.2) is 0 Å². The van der Waals surface area contributed by atoms with E-state index in [0.717, 1.165) is 12.8 Å². The van der Waals surface area contributed by atoms with E-state index in [9.17, 15) is 0 Å². The SMILES string of the molecule is C=C(/C=C\C=C/C)CCc1ccccc1. The Morgan fingerprint density at radius 1 is 1.20 bits per heavy atom. The molecule has 0 atom stereocenters. The average molecular weight is 198 g/mol. The molecule has 1 rings (SSSR count). The molecule has 0 aliphatic rings. The second kappa shape index (κ2) is 6.83. The van der Waals surface area contributed by atoms with Crippen LogP contribution in [0, 0.1) is 0 Å². The molecule has 0 nitrogen and oxygen atoms in total. The summed E-state index contributed by atoms with van der Waals surface area (Å²) in [6.45, 7) is 6.03. The Morgan fingerprint density at radius 2 is 1.93 bits per heavy atom. The Morgan fingerprint density at radius 3 is 2.60 bits per heavy atom. The summed E-state index contributed by atoms with van der Waals surface area (Å²) in [6, 6.07) is 10.5. The van der Waals surface area contributed by atoms with Crippen molar-refractivity contribution >= 4 is 0 Å². The molecule has 0 heteroatoms. The Bertz CT molecular complexity index is 342. The van der Waals surface area contributed by atoms with Gasteiger partial charge in [-0.05, 0) is 25.3 Å². The van der Waals surface area contributed by atoms with E-state index in [2.05, 4.69) is 36.9 Å². The molecule has 15 heavy (non-hydrogen) atoms. The lowest BCUT2D eigenvalue weighted by Gasteiger charge is -2.00. The van der Waals surface area contributed by atoms with Crippen LogP contribution in [0.5, 0.6) is 0 Å². The van der Waals surface area contributed by atoms with E-state index in [1.165, 1.54) is 11.1 Å². The van der Waals surface area contributed by atoms with Gasteiger partial charge < -0.3 is 0 Å². The summed E-state index contributed by atoms with van der Waals surface area (Å²) in [7, 11) is 0. The van der Waals surface area contributed by atoms with Gasteiger partial charge in [-0.3, -0.25) is 0 Å². The highest BCUT2D eigenvalue weighted by Crippen LogP contribution is 2.08. The van der Waals surface area contributed by atoms with Crippen molar-refractivity contribution in [2.24, 2.45) is 0 Å². The van der Waals surface area contributed by atoms with Crippen molar-refractivity contribution in [2.45, 2.75) is 19.8 Å². The van der Waals surface area contributed by atoms with Gasteiger partial charge in [-0.25, -0.2) is 0 Å². The summed E-state index contributed by atoms with van der Waals surface area (Å²) in [6.07, 6.45) is 10.2. The molecule has 0 heterocycles. The van der Waals surface area contributed by atoms with Gasteiger partial charge in [0.05, 0.1) is 0 Å². The zero-order valence-electron chi connectivity index (χ0n) is 9.32. The maximum atomic E-state index is 4.02. The van der Waals surface area contributed by atoms with Gasteiger partial charge in [0.2, 0.25) is 0 Å². The van der Waals surface area contributed by atoms with E-state index in [1.807, 2.05) is 31.2 Å². The Balaban J connectivity index is 2.35. The molecule has 78 valence electrons. The van der Waals surface area contributed by atoms with Crippen LogP contribution in [0.3, 0.4) is 0 Å². The van der Waals surface area contributed by atoms with E-state index < -0.39 is 0 Å². The summed E-state index contributed by atoms with van der Waals surface area (Å²) in [4.78, 5) is 0. The predicted octanol–water partition coefficient (Wildman–Crippen LogP) is 4.31. The van der Waals surface area contributed by atoms with Crippen molar-refractivity contribution in [3.63, 3.8) is 0 Å². The molecule has 0 aliphatic carbocycles. The van der Waals surface area contributed by atoms with Crippen molar-refractivity contribution < 1.29 is 0 Å². The van der Waals surface area contributed by atoms with Gasteiger partial charge in [-0.15, -0.1) is 0 Å². The fraction of sp³-hybridized carbons (Fsp3) is 0.200. The third kappa shape index (κ3) is 5.02. The van der Waals surface area contributed by atoms with E-state index >= 15 is 0 Å². The minimum absolute atomic E-state index is 1.03. The van der Waals surface area contributed by atoms with Gasteiger partial charge in [0.25, 0.3) is 0 Å². The summed E-state index contributed by atoms with van der Waals surface area (Å²) < 4.78 is 0. The van der Waals surface area contributed by atoms with Crippen LogP contribution in [-0.2, 0) is 6.42 Å². The highest BCUT2D eigenvalue weighted by molar-refractivity contribution is 5.22. The van der Waals surface area contributed by atoms with Gasteiger partial charge in [0.1, 0.15) is 0 Å². The first-order chi connectivity index (χ1) is 7.33. The largest absolute Gasteiger partial charge is 0.0958 e. The molecule has 0 bridgehead atoms. The van der Waals surface area contributed by atoms with Crippen molar-refractivity contribution in [3.05, 3.63) is 72.4 Å². The van der Waals surface area contributed by atoms with Crippen LogP contribution in [0.25, 0.3) is 0 Å². The Labute approximate surface area is 92.6 Å². The maximum Gasteiger partial charge on any atom is -0.0238 e. The molecule has 0 saturated heterocycles. The Hall–Kier alpha value is -1.56. The lowest BCUT2D eigenvalue weighted by Crippen LogP contribution is -1.85. The first-order valence-corrected chi connectivity index (χ1v) is 5.34. The Kier molecular flexibility index (Phi) is 5.24.